The second-order valence-corrected chi connectivity index (χ2v) is 5.62. The van der Waals surface area contributed by atoms with E-state index in [1.54, 1.807) is 0 Å². The van der Waals surface area contributed by atoms with Crippen molar-refractivity contribution in [3.8, 4) is 5.75 Å². The van der Waals surface area contributed by atoms with Gasteiger partial charge in [0.15, 0.2) is 0 Å². The maximum Gasteiger partial charge on any atom is 0.119 e. The van der Waals surface area contributed by atoms with E-state index in [9.17, 15) is 5.11 Å². The van der Waals surface area contributed by atoms with Gasteiger partial charge in [-0.3, -0.25) is 0 Å². The molecule has 0 aliphatic heterocycles. The van der Waals surface area contributed by atoms with E-state index in [1.165, 1.54) is 5.56 Å². The Kier molecular flexibility index (Phi) is 4.65. The van der Waals surface area contributed by atoms with Crippen molar-refractivity contribution < 1.29 is 9.84 Å². The van der Waals surface area contributed by atoms with Gasteiger partial charge in [0.25, 0.3) is 0 Å². The van der Waals surface area contributed by atoms with Gasteiger partial charge in [-0.25, -0.2) is 0 Å². The van der Waals surface area contributed by atoms with Crippen molar-refractivity contribution in [2.75, 3.05) is 6.61 Å². The third-order valence-corrected chi connectivity index (χ3v) is 3.90. The van der Waals surface area contributed by atoms with E-state index < -0.39 is 0 Å². The molecule has 0 aromatic heterocycles. The maximum absolute atomic E-state index is 9.75. The summed E-state index contributed by atoms with van der Waals surface area (Å²) in [5.74, 6) is 1.93. The molecule has 2 rings (SSSR count). The molecule has 0 radical (unpaired) electrons. The summed E-state index contributed by atoms with van der Waals surface area (Å²) in [5.41, 5.74) is 1.31. The number of aliphatic hydroxyl groups excluding tert-OH is 1. The summed E-state index contributed by atoms with van der Waals surface area (Å²) >= 11 is 0. The summed E-state index contributed by atoms with van der Waals surface area (Å²) in [7, 11) is 0. The highest BCUT2D eigenvalue weighted by molar-refractivity contribution is 5.30. The lowest BCUT2D eigenvalue weighted by Gasteiger charge is -2.15. The Morgan fingerprint density at radius 3 is 2.83 bits per heavy atom. The number of ether oxygens (including phenoxy) is 1. The average molecular weight is 248 g/mol. The molecule has 1 aromatic rings. The Balaban J connectivity index is 1.81. The molecule has 1 aliphatic rings. The largest absolute Gasteiger partial charge is 0.494 e. The van der Waals surface area contributed by atoms with Gasteiger partial charge in [-0.1, -0.05) is 32.4 Å². The molecule has 1 aliphatic carbocycles. The molecular weight excluding hydrogens is 224 g/mol. The molecule has 0 amide bonds. The third-order valence-electron chi connectivity index (χ3n) is 3.90. The highest BCUT2D eigenvalue weighted by atomic mass is 16.5. The zero-order chi connectivity index (χ0) is 13.0. The monoisotopic (exact) mass is 248 g/mol. The van der Waals surface area contributed by atoms with E-state index in [0.29, 0.717) is 18.4 Å². The molecule has 1 fully saturated rings. The average Bonchev–Trinajstić information content (AvgIpc) is 2.76. The van der Waals surface area contributed by atoms with Crippen molar-refractivity contribution in [3.05, 3.63) is 29.8 Å². The van der Waals surface area contributed by atoms with Gasteiger partial charge in [0.05, 0.1) is 12.7 Å². The van der Waals surface area contributed by atoms with Crippen LogP contribution in [0.2, 0.25) is 0 Å². The molecule has 1 aromatic carbocycles. The van der Waals surface area contributed by atoms with Gasteiger partial charge >= 0.3 is 0 Å². The lowest BCUT2D eigenvalue weighted by molar-refractivity contribution is 0.117. The Hall–Kier alpha value is -1.02. The van der Waals surface area contributed by atoms with Gasteiger partial charge in [0.2, 0.25) is 0 Å². The molecule has 0 bridgehead atoms. The van der Waals surface area contributed by atoms with E-state index in [0.717, 1.165) is 31.4 Å². The fraction of sp³-hybridized carbons (Fsp3) is 0.625. The highest BCUT2D eigenvalue weighted by Gasteiger charge is 2.24. The van der Waals surface area contributed by atoms with Crippen LogP contribution < -0.4 is 4.74 Å². The quantitative estimate of drug-likeness (QED) is 0.860. The molecule has 1 saturated carbocycles. The Morgan fingerprint density at radius 1 is 1.33 bits per heavy atom. The number of hydrogen-bond acceptors (Lipinski definition) is 2. The van der Waals surface area contributed by atoms with E-state index in [2.05, 4.69) is 32.0 Å². The molecule has 1 N–H and O–H groups in total. The molecule has 100 valence electrons. The molecular formula is C16H24O2. The van der Waals surface area contributed by atoms with Crippen LogP contribution in [0.4, 0.5) is 0 Å². The zero-order valence-electron chi connectivity index (χ0n) is 11.4. The number of benzene rings is 1. The molecule has 2 nitrogen and oxygen atoms in total. The van der Waals surface area contributed by atoms with Crippen LogP contribution in [0.15, 0.2) is 24.3 Å². The Bertz CT molecular complexity index is 373. The minimum absolute atomic E-state index is 0.101. The second kappa shape index (κ2) is 6.24. The van der Waals surface area contributed by atoms with Crippen molar-refractivity contribution in [3.63, 3.8) is 0 Å². The fourth-order valence-corrected chi connectivity index (χ4v) is 2.65. The van der Waals surface area contributed by atoms with E-state index in [1.807, 2.05) is 6.07 Å². The summed E-state index contributed by atoms with van der Waals surface area (Å²) in [6.45, 7) is 5.09. The van der Waals surface area contributed by atoms with E-state index in [-0.39, 0.29) is 6.10 Å². The molecule has 2 unspecified atom stereocenters. The second-order valence-electron chi connectivity index (χ2n) is 5.62. The summed E-state index contributed by atoms with van der Waals surface area (Å²) in [5, 5.41) is 9.75. The summed E-state index contributed by atoms with van der Waals surface area (Å²) in [6.07, 6.45) is 4.14. The van der Waals surface area contributed by atoms with E-state index in [4.69, 9.17) is 4.74 Å². The first kappa shape index (κ1) is 13.4. The Labute approximate surface area is 110 Å². The van der Waals surface area contributed by atoms with E-state index >= 15 is 0 Å². The molecule has 0 spiro atoms. The number of hydrogen-bond donors (Lipinski definition) is 1. The van der Waals surface area contributed by atoms with Crippen LogP contribution in [-0.4, -0.2) is 17.8 Å². The minimum Gasteiger partial charge on any atom is -0.494 e. The highest BCUT2D eigenvalue weighted by Crippen LogP contribution is 2.28. The summed E-state index contributed by atoms with van der Waals surface area (Å²) in [6, 6.07) is 8.32. The molecule has 0 saturated heterocycles. The topological polar surface area (TPSA) is 29.5 Å². The minimum atomic E-state index is -0.101. The first-order valence-corrected chi connectivity index (χ1v) is 7.07. The van der Waals surface area contributed by atoms with Gasteiger partial charge in [-0.15, -0.1) is 0 Å². The first-order valence-electron chi connectivity index (χ1n) is 7.07. The standard InChI is InChI=1S/C16H24O2/c1-12(2)14-6-3-7-15(11-14)18-10-9-13-5-4-8-16(13)17/h3,6-7,11-13,16-17H,4-5,8-10H2,1-2H3. The summed E-state index contributed by atoms with van der Waals surface area (Å²) in [4.78, 5) is 0. The SMILES string of the molecule is CC(C)c1cccc(OCCC2CCCC2O)c1. The zero-order valence-corrected chi connectivity index (χ0v) is 11.4. The van der Waals surface area contributed by atoms with Gasteiger partial charge in [0, 0.05) is 0 Å². The van der Waals surface area contributed by atoms with Crippen LogP contribution >= 0.6 is 0 Å². The van der Waals surface area contributed by atoms with Crippen molar-refractivity contribution in [2.45, 2.75) is 51.6 Å². The summed E-state index contributed by atoms with van der Waals surface area (Å²) < 4.78 is 5.80. The van der Waals surface area contributed by atoms with Gasteiger partial charge in [-0.2, -0.15) is 0 Å². The maximum atomic E-state index is 9.75. The molecule has 18 heavy (non-hydrogen) atoms. The predicted molar refractivity (Wildman–Crippen MR) is 74.0 cm³/mol. The van der Waals surface area contributed by atoms with Crippen molar-refractivity contribution in [1.82, 2.24) is 0 Å². The predicted octanol–water partition coefficient (Wildman–Crippen LogP) is 3.74. The molecule has 2 atom stereocenters. The molecule has 0 heterocycles. The number of aliphatic hydroxyl groups is 1. The van der Waals surface area contributed by atoms with Crippen molar-refractivity contribution >= 4 is 0 Å². The van der Waals surface area contributed by atoms with Gasteiger partial charge in [-0.05, 0) is 48.8 Å². The van der Waals surface area contributed by atoms with Crippen LogP contribution in [0.5, 0.6) is 5.75 Å². The van der Waals surface area contributed by atoms with Gasteiger partial charge in [0.1, 0.15) is 5.75 Å². The third kappa shape index (κ3) is 3.49. The smallest absolute Gasteiger partial charge is 0.119 e. The van der Waals surface area contributed by atoms with Crippen LogP contribution in [0, 0.1) is 5.92 Å². The van der Waals surface area contributed by atoms with Crippen molar-refractivity contribution in [2.24, 2.45) is 5.92 Å². The Morgan fingerprint density at radius 2 is 2.17 bits per heavy atom. The van der Waals surface area contributed by atoms with Crippen LogP contribution in [0.25, 0.3) is 0 Å². The first-order chi connectivity index (χ1) is 8.66. The van der Waals surface area contributed by atoms with Crippen LogP contribution in [0.1, 0.15) is 51.0 Å². The van der Waals surface area contributed by atoms with Crippen molar-refractivity contribution in [1.29, 1.82) is 0 Å². The fourth-order valence-electron chi connectivity index (χ4n) is 2.65. The molecule has 2 heteroatoms. The van der Waals surface area contributed by atoms with Gasteiger partial charge < -0.3 is 9.84 Å². The number of rotatable bonds is 5. The normalized spacial score (nSPS) is 23.6. The lowest BCUT2D eigenvalue weighted by Crippen LogP contribution is -2.16. The lowest BCUT2D eigenvalue weighted by atomic mass is 10.0. The van der Waals surface area contributed by atoms with Crippen LogP contribution in [-0.2, 0) is 0 Å². The van der Waals surface area contributed by atoms with Crippen LogP contribution in [0.3, 0.4) is 0 Å².